The maximum absolute atomic E-state index is 12.4. The number of aromatic nitrogens is 4. The molecule has 2 amide bonds. The van der Waals surface area contributed by atoms with Crippen LogP contribution in [0, 0.1) is 0 Å². The number of carboxylic acid groups (broad SMARTS) is 1. The molecule has 0 radical (unpaired) electrons. The Kier molecular flexibility index (Phi) is 8.12. The Hall–Kier alpha value is -1.16. The number of fused-ring (bicyclic) bond motifs is 1. The summed E-state index contributed by atoms with van der Waals surface area (Å²) in [6.45, 7) is 1.35. The number of carbonyl (C=O) groups excluding carboxylic acids is 2. The number of carboxylic acids is 1. The van der Waals surface area contributed by atoms with Crippen LogP contribution in [0.25, 0.3) is 0 Å². The Balaban J connectivity index is 0.00000300. The Morgan fingerprint density at radius 1 is 1.55 bits per heavy atom. The predicted octanol–water partition coefficient (Wildman–Crippen LogP) is -2.67. The van der Waals surface area contributed by atoms with Gasteiger partial charge < -0.3 is 15.3 Å². The molecule has 4 N–H and O–H groups in total. The van der Waals surface area contributed by atoms with Gasteiger partial charge in [-0.3, -0.25) is 20.2 Å². The molecule has 2 aliphatic rings. The zero-order chi connectivity index (χ0) is 20.5. The van der Waals surface area contributed by atoms with E-state index in [-0.39, 0.29) is 35.3 Å². The number of hydrogen-bond acceptors (Lipinski definition) is 10. The van der Waals surface area contributed by atoms with Gasteiger partial charge in [0.2, 0.25) is 17.2 Å². The van der Waals surface area contributed by atoms with Gasteiger partial charge in [0.1, 0.15) is 11.1 Å². The van der Waals surface area contributed by atoms with E-state index in [4.69, 9.17) is 5.73 Å². The number of nitrogens with two attached hydrogens (primary N) is 1. The molecule has 0 aromatic carbocycles. The Labute approximate surface area is 197 Å². The first-order chi connectivity index (χ1) is 13.3. The number of aliphatic carboxylic acids is 1. The van der Waals surface area contributed by atoms with E-state index in [0.717, 1.165) is 11.4 Å². The summed E-state index contributed by atoms with van der Waals surface area (Å²) in [7, 11) is 3.88. The van der Waals surface area contributed by atoms with Gasteiger partial charge in [0.05, 0.1) is 6.54 Å². The Bertz CT molecular complexity index is 834. The molecular weight excluding hydrogens is 431 g/mol. The zero-order valence-corrected chi connectivity index (χ0v) is 16.9. The number of likely N-dealkylation sites (N-methyl/N-ethyl adjacent to an activating group) is 1. The fourth-order valence-corrected chi connectivity index (χ4v) is 5.30. The summed E-state index contributed by atoms with van der Waals surface area (Å²) in [5.74, 6) is -1.18. The van der Waals surface area contributed by atoms with Gasteiger partial charge in [0.15, 0.2) is 0 Å². The summed E-state index contributed by atoms with van der Waals surface area (Å²) < 4.78 is 1.65. The Morgan fingerprint density at radius 3 is 2.90 bits per heavy atom. The van der Waals surface area contributed by atoms with Crippen LogP contribution >= 0.6 is 23.5 Å². The quantitative estimate of drug-likeness (QED) is 0.118. The third-order valence-electron chi connectivity index (χ3n) is 4.32. The van der Waals surface area contributed by atoms with Crippen molar-refractivity contribution in [3.63, 3.8) is 0 Å². The van der Waals surface area contributed by atoms with Crippen LogP contribution < -0.4 is 11.1 Å². The number of nitrogens with zero attached hydrogens (tertiary/aromatic N) is 6. The van der Waals surface area contributed by atoms with Crippen LogP contribution in [0.3, 0.4) is 0 Å². The van der Waals surface area contributed by atoms with Crippen molar-refractivity contribution in [1.82, 2.24) is 35.3 Å². The molecule has 1 aromatic heterocycles. The third kappa shape index (κ3) is 4.62. The van der Waals surface area contributed by atoms with Gasteiger partial charge in [-0.15, -0.1) is 16.9 Å². The van der Waals surface area contributed by atoms with Crippen LogP contribution in [-0.4, -0.2) is 126 Å². The molecule has 12 nitrogen and oxygen atoms in total. The van der Waals surface area contributed by atoms with Crippen molar-refractivity contribution in [2.24, 2.45) is 5.73 Å². The Morgan fingerprint density at radius 2 is 2.28 bits per heavy atom. The molecule has 0 saturated carbocycles. The average Bonchev–Trinajstić information content (AvgIpc) is 3.10. The second-order valence-corrected chi connectivity index (χ2v) is 8.51. The molecule has 2 atom stereocenters. The minimum atomic E-state index is -1.58. The van der Waals surface area contributed by atoms with Crippen molar-refractivity contribution < 1.29 is 19.5 Å². The van der Waals surface area contributed by atoms with Gasteiger partial charge in [-0.25, -0.2) is 9.48 Å². The van der Waals surface area contributed by atoms with Gasteiger partial charge in [-0.05, 0) is 30.1 Å². The van der Waals surface area contributed by atoms with E-state index >= 15 is 0 Å². The van der Waals surface area contributed by atoms with Crippen LogP contribution in [0.4, 0.5) is 0 Å². The van der Waals surface area contributed by atoms with Crippen molar-refractivity contribution in [3.8, 4) is 0 Å². The number of β-lactam (4-membered cyclic amide) rings is 1. The number of hydrogen-bond donors (Lipinski definition) is 3. The molecule has 1 saturated heterocycles. The van der Waals surface area contributed by atoms with E-state index in [1.54, 1.807) is 4.68 Å². The SMILES string of the molecule is CN(C)CCn1nnnc1SCC1=C(C(=O)O)N2C(=O)[C@](N)(NC=O)[C@H]2SC1.[NaH]. The summed E-state index contributed by atoms with van der Waals surface area (Å²) in [4.78, 5) is 38.1. The van der Waals surface area contributed by atoms with Crippen LogP contribution in [0.2, 0.25) is 0 Å². The van der Waals surface area contributed by atoms with Crippen LogP contribution in [0.1, 0.15) is 0 Å². The van der Waals surface area contributed by atoms with E-state index in [1.807, 2.05) is 19.0 Å². The van der Waals surface area contributed by atoms with Gasteiger partial charge in [0.25, 0.3) is 5.91 Å². The number of tetrazole rings is 1. The van der Waals surface area contributed by atoms with Crippen molar-refractivity contribution in [2.75, 3.05) is 32.1 Å². The molecule has 0 aliphatic carbocycles. The van der Waals surface area contributed by atoms with E-state index in [9.17, 15) is 19.5 Å². The van der Waals surface area contributed by atoms with Crippen molar-refractivity contribution in [3.05, 3.63) is 11.3 Å². The second kappa shape index (κ2) is 9.76. The molecule has 0 spiro atoms. The fraction of sp³-hybridized carbons (Fsp3) is 0.571. The van der Waals surface area contributed by atoms with Crippen LogP contribution in [0.5, 0.6) is 0 Å². The van der Waals surface area contributed by atoms with E-state index in [1.165, 1.54) is 23.5 Å². The molecule has 29 heavy (non-hydrogen) atoms. The van der Waals surface area contributed by atoms with Crippen LogP contribution in [0.15, 0.2) is 16.4 Å². The molecular formula is C14H21N8NaO4S2. The second-order valence-electron chi connectivity index (χ2n) is 6.50. The topological polar surface area (TPSA) is 160 Å². The minimum absolute atomic E-state index is 0. The number of thioether (sulfide) groups is 2. The molecule has 154 valence electrons. The van der Waals surface area contributed by atoms with Gasteiger partial charge in [0, 0.05) is 18.1 Å². The molecule has 0 bridgehead atoms. The summed E-state index contributed by atoms with van der Waals surface area (Å²) >= 11 is 2.61. The van der Waals surface area contributed by atoms with Gasteiger partial charge in [-0.2, -0.15) is 0 Å². The summed E-state index contributed by atoms with van der Waals surface area (Å²) in [6.07, 6.45) is 0.346. The summed E-state index contributed by atoms with van der Waals surface area (Å²) in [5, 5.41) is 23.5. The standard InChI is InChI=1S/C14H20N8O4S2.Na.H/c1-20(2)3-4-21-13(17-18-19-21)28-6-8-5-27-12-14(15,16-7-23)11(26)22(12)9(8)10(24)25;;/h7,12H,3-6,15H2,1-2H3,(H,16,23)(H,24,25);;/t12-,14+;;/m1../s1. The number of nitrogens with one attached hydrogen (secondary N) is 1. The first-order valence-corrected chi connectivity index (χ1v) is 10.3. The van der Waals surface area contributed by atoms with Crippen molar-refractivity contribution in [1.29, 1.82) is 0 Å². The summed E-state index contributed by atoms with van der Waals surface area (Å²) in [5.41, 5.74) is 4.83. The van der Waals surface area contributed by atoms with E-state index in [0.29, 0.717) is 35.2 Å². The number of amides is 2. The molecule has 3 rings (SSSR count). The van der Waals surface area contributed by atoms with Crippen molar-refractivity contribution >= 4 is 71.4 Å². The van der Waals surface area contributed by atoms with Gasteiger partial charge >= 0.3 is 35.5 Å². The first-order valence-electron chi connectivity index (χ1n) is 8.24. The maximum atomic E-state index is 12.4. The number of rotatable bonds is 9. The number of carbonyl (C=O) groups is 3. The van der Waals surface area contributed by atoms with Crippen LogP contribution in [-0.2, 0) is 20.9 Å². The fourth-order valence-electron chi connectivity index (χ4n) is 2.87. The molecule has 3 heterocycles. The molecule has 1 fully saturated rings. The summed E-state index contributed by atoms with van der Waals surface area (Å²) in [6, 6.07) is 0. The van der Waals surface area contributed by atoms with E-state index in [2.05, 4.69) is 20.8 Å². The third-order valence-corrected chi connectivity index (χ3v) is 6.78. The normalized spacial score (nSPS) is 23.4. The average molecular weight is 452 g/mol. The molecule has 0 unspecified atom stereocenters. The predicted molar refractivity (Wildman–Crippen MR) is 108 cm³/mol. The zero-order valence-electron chi connectivity index (χ0n) is 15.2. The molecule has 15 heteroatoms. The monoisotopic (exact) mass is 452 g/mol. The first kappa shape index (κ1) is 24.1. The molecule has 1 aromatic rings. The van der Waals surface area contributed by atoms with Gasteiger partial charge in [-0.1, -0.05) is 11.8 Å². The van der Waals surface area contributed by atoms with E-state index < -0.39 is 22.9 Å². The molecule has 2 aliphatic heterocycles. The van der Waals surface area contributed by atoms with Crippen molar-refractivity contribution in [2.45, 2.75) is 22.7 Å².